The second kappa shape index (κ2) is 7.66. The van der Waals surface area contributed by atoms with E-state index in [1.165, 1.54) is 5.56 Å². The molecule has 0 atom stereocenters. The first-order valence-electron chi connectivity index (χ1n) is 8.86. The van der Waals surface area contributed by atoms with E-state index in [9.17, 15) is 4.79 Å². The van der Waals surface area contributed by atoms with Crippen LogP contribution in [-0.2, 0) is 18.0 Å². The highest BCUT2D eigenvalue weighted by Gasteiger charge is 2.21. The number of oxazole rings is 1. The Hall–Kier alpha value is -2.08. The zero-order valence-electron chi connectivity index (χ0n) is 14.4. The van der Waals surface area contributed by atoms with Gasteiger partial charge in [0.2, 0.25) is 0 Å². The zero-order valence-corrected chi connectivity index (χ0v) is 15.2. The molecule has 26 heavy (non-hydrogen) atoms. The Morgan fingerprint density at radius 3 is 2.65 bits per heavy atom. The van der Waals surface area contributed by atoms with Gasteiger partial charge in [0.15, 0.2) is 5.58 Å². The van der Waals surface area contributed by atoms with E-state index in [-0.39, 0.29) is 11.9 Å². The van der Waals surface area contributed by atoms with Gasteiger partial charge in [-0.1, -0.05) is 41.9 Å². The number of hydrogen-bond donors (Lipinski definition) is 0. The van der Waals surface area contributed by atoms with Gasteiger partial charge < -0.3 is 9.15 Å². The third kappa shape index (κ3) is 3.85. The van der Waals surface area contributed by atoms with E-state index in [4.69, 9.17) is 20.8 Å². The lowest BCUT2D eigenvalue weighted by Crippen LogP contribution is -2.39. The highest BCUT2D eigenvalue weighted by atomic mass is 35.5. The van der Waals surface area contributed by atoms with E-state index in [1.807, 2.05) is 24.3 Å². The molecule has 0 N–H and O–H groups in total. The standard InChI is InChI=1S/C20H21ClN2O3/c21-16-6-7-18-19(12-16)26-20(24)23(18)14-22-10-8-17(9-11-22)25-13-15-4-2-1-3-5-15/h1-7,12,17H,8-11,13-14H2. The number of halogens is 1. The molecule has 1 aromatic heterocycles. The maximum absolute atomic E-state index is 12.1. The lowest BCUT2D eigenvalue weighted by Gasteiger charge is -2.31. The molecule has 0 unspecified atom stereocenters. The van der Waals surface area contributed by atoms with Gasteiger partial charge in [-0.3, -0.25) is 9.47 Å². The van der Waals surface area contributed by atoms with Crippen LogP contribution in [0.25, 0.3) is 11.1 Å². The maximum Gasteiger partial charge on any atom is 0.421 e. The van der Waals surface area contributed by atoms with Gasteiger partial charge in [0, 0.05) is 24.2 Å². The topological polar surface area (TPSA) is 47.6 Å². The van der Waals surface area contributed by atoms with Crippen LogP contribution < -0.4 is 5.76 Å². The first-order chi connectivity index (χ1) is 12.7. The van der Waals surface area contributed by atoms with Crippen molar-refractivity contribution in [2.24, 2.45) is 0 Å². The van der Waals surface area contributed by atoms with Crippen LogP contribution in [0.2, 0.25) is 5.02 Å². The van der Waals surface area contributed by atoms with Crippen molar-refractivity contribution in [2.45, 2.75) is 32.2 Å². The van der Waals surface area contributed by atoms with Crippen molar-refractivity contribution in [1.29, 1.82) is 0 Å². The van der Waals surface area contributed by atoms with Crippen LogP contribution in [-0.4, -0.2) is 28.7 Å². The van der Waals surface area contributed by atoms with Crippen LogP contribution >= 0.6 is 11.6 Å². The minimum Gasteiger partial charge on any atom is -0.408 e. The van der Waals surface area contributed by atoms with Crippen molar-refractivity contribution in [1.82, 2.24) is 9.47 Å². The van der Waals surface area contributed by atoms with E-state index in [1.54, 1.807) is 16.7 Å². The van der Waals surface area contributed by atoms with Gasteiger partial charge in [0.05, 0.1) is 24.9 Å². The van der Waals surface area contributed by atoms with Crippen LogP contribution in [0.3, 0.4) is 0 Å². The molecule has 1 aliphatic rings. The van der Waals surface area contributed by atoms with E-state index in [0.29, 0.717) is 23.9 Å². The van der Waals surface area contributed by atoms with Crippen LogP contribution in [0.5, 0.6) is 0 Å². The third-order valence-electron chi connectivity index (χ3n) is 4.83. The average molecular weight is 373 g/mol. The first kappa shape index (κ1) is 17.3. The van der Waals surface area contributed by atoms with Crippen molar-refractivity contribution in [3.05, 3.63) is 69.7 Å². The van der Waals surface area contributed by atoms with Gasteiger partial charge in [-0.25, -0.2) is 4.79 Å². The largest absolute Gasteiger partial charge is 0.421 e. The van der Waals surface area contributed by atoms with Crippen molar-refractivity contribution in [3.63, 3.8) is 0 Å². The molecule has 4 rings (SSSR count). The molecular formula is C20H21ClN2O3. The molecule has 136 valence electrons. The second-order valence-electron chi connectivity index (χ2n) is 6.66. The number of hydrogen-bond acceptors (Lipinski definition) is 4. The number of benzene rings is 2. The summed E-state index contributed by atoms with van der Waals surface area (Å²) in [5.41, 5.74) is 2.51. The minimum absolute atomic E-state index is 0.267. The monoisotopic (exact) mass is 372 g/mol. The van der Waals surface area contributed by atoms with E-state index in [2.05, 4.69) is 17.0 Å². The normalized spacial score (nSPS) is 16.3. The highest BCUT2D eigenvalue weighted by Crippen LogP contribution is 2.20. The van der Waals surface area contributed by atoms with E-state index < -0.39 is 0 Å². The Kier molecular flexibility index (Phi) is 5.11. The maximum atomic E-state index is 12.1. The molecule has 2 aromatic carbocycles. The quantitative estimate of drug-likeness (QED) is 0.681. The van der Waals surface area contributed by atoms with Gasteiger partial charge in [-0.15, -0.1) is 0 Å². The van der Waals surface area contributed by atoms with Crippen molar-refractivity contribution >= 4 is 22.7 Å². The lowest BCUT2D eigenvalue weighted by molar-refractivity contribution is -0.00832. The second-order valence-corrected chi connectivity index (χ2v) is 7.10. The lowest BCUT2D eigenvalue weighted by atomic mass is 10.1. The molecule has 0 bridgehead atoms. The Morgan fingerprint density at radius 2 is 1.88 bits per heavy atom. The first-order valence-corrected chi connectivity index (χ1v) is 9.23. The number of likely N-dealkylation sites (tertiary alicyclic amines) is 1. The van der Waals surface area contributed by atoms with E-state index in [0.717, 1.165) is 31.4 Å². The molecule has 0 amide bonds. The molecule has 1 saturated heterocycles. The molecule has 5 nitrogen and oxygen atoms in total. The Bertz CT molecular complexity index is 927. The molecule has 0 radical (unpaired) electrons. The summed E-state index contributed by atoms with van der Waals surface area (Å²) in [5, 5.41) is 0.565. The molecular weight excluding hydrogens is 352 g/mol. The average Bonchev–Trinajstić information content (AvgIpc) is 2.96. The summed E-state index contributed by atoms with van der Waals surface area (Å²) in [4.78, 5) is 14.4. The smallest absolute Gasteiger partial charge is 0.408 e. The molecule has 3 aromatic rings. The summed E-state index contributed by atoms with van der Waals surface area (Å²) >= 11 is 5.97. The number of fused-ring (bicyclic) bond motifs is 1. The van der Waals surface area contributed by atoms with Crippen molar-refractivity contribution in [3.8, 4) is 0 Å². The fourth-order valence-corrected chi connectivity index (χ4v) is 3.54. The molecule has 1 fully saturated rings. The van der Waals surface area contributed by atoms with Crippen molar-refractivity contribution in [2.75, 3.05) is 13.1 Å². The molecule has 2 heterocycles. The molecule has 6 heteroatoms. The highest BCUT2D eigenvalue weighted by molar-refractivity contribution is 6.31. The summed E-state index contributed by atoms with van der Waals surface area (Å²) in [7, 11) is 0. The Morgan fingerprint density at radius 1 is 1.12 bits per heavy atom. The fourth-order valence-electron chi connectivity index (χ4n) is 3.38. The summed E-state index contributed by atoms with van der Waals surface area (Å²) in [5.74, 6) is -0.343. The molecule has 0 spiro atoms. The summed E-state index contributed by atoms with van der Waals surface area (Å²) in [6.45, 7) is 2.97. The predicted octanol–water partition coefficient (Wildman–Crippen LogP) is 3.89. The Labute approximate surface area is 156 Å². The van der Waals surface area contributed by atoms with Gasteiger partial charge in [-0.2, -0.15) is 0 Å². The van der Waals surface area contributed by atoms with Crippen molar-refractivity contribution < 1.29 is 9.15 Å². The van der Waals surface area contributed by atoms with E-state index >= 15 is 0 Å². The van der Waals surface area contributed by atoms with Crippen LogP contribution in [0, 0.1) is 0 Å². The zero-order chi connectivity index (χ0) is 17.9. The van der Waals surface area contributed by atoms with Crippen LogP contribution in [0.1, 0.15) is 18.4 Å². The number of ether oxygens (including phenoxy) is 1. The summed E-state index contributed by atoms with van der Waals surface area (Å²) < 4.78 is 13.0. The third-order valence-corrected chi connectivity index (χ3v) is 5.07. The summed E-state index contributed by atoms with van der Waals surface area (Å²) in [6.07, 6.45) is 2.19. The van der Waals surface area contributed by atoms with Crippen LogP contribution in [0.4, 0.5) is 0 Å². The van der Waals surface area contributed by atoms with Gasteiger partial charge in [-0.05, 0) is 30.5 Å². The number of rotatable bonds is 5. The number of nitrogens with zero attached hydrogens (tertiary/aromatic N) is 2. The molecule has 1 aliphatic heterocycles. The SMILES string of the molecule is O=c1oc2cc(Cl)ccc2n1CN1CCC(OCc2ccccc2)CC1. The van der Waals surface area contributed by atoms with Crippen LogP contribution in [0.15, 0.2) is 57.7 Å². The van der Waals surface area contributed by atoms with Gasteiger partial charge in [0.1, 0.15) is 0 Å². The Balaban J connectivity index is 1.34. The summed E-state index contributed by atoms with van der Waals surface area (Å²) in [6, 6.07) is 15.5. The number of aromatic nitrogens is 1. The van der Waals surface area contributed by atoms with Gasteiger partial charge in [0.25, 0.3) is 0 Å². The molecule has 0 aliphatic carbocycles. The van der Waals surface area contributed by atoms with Gasteiger partial charge >= 0.3 is 5.76 Å². The number of piperidine rings is 1. The minimum atomic E-state index is -0.343. The molecule has 0 saturated carbocycles. The fraction of sp³-hybridized carbons (Fsp3) is 0.350. The predicted molar refractivity (Wildman–Crippen MR) is 101 cm³/mol.